The van der Waals surface area contributed by atoms with Gasteiger partial charge in [0.15, 0.2) is 0 Å². The van der Waals surface area contributed by atoms with Crippen molar-refractivity contribution >= 4 is 16.9 Å². The Bertz CT molecular complexity index is 613. The van der Waals surface area contributed by atoms with Gasteiger partial charge in [-0.1, -0.05) is 0 Å². The zero-order valence-corrected chi connectivity index (χ0v) is 11.5. The standard InChI is InChI=1S/C14H17N3O3/c1-19-12-6-17(7-13(12)20-2)14(18)9-3-4-10-11(5-9)16-8-15-10/h3-5,8,12-13H,6-7H2,1-2H3,(H,15,16). The summed E-state index contributed by atoms with van der Waals surface area (Å²) in [7, 11) is 3.28. The number of ether oxygens (including phenoxy) is 2. The van der Waals surface area contributed by atoms with E-state index in [1.165, 1.54) is 0 Å². The SMILES string of the molecule is COC1CN(C(=O)c2ccc3nc[nH]c3c2)CC1OC. The Hall–Kier alpha value is -1.92. The molecule has 1 aliphatic rings. The number of amides is 1. The molecule has 2 unspecified atom stereocenters. The molecular formula is C14H17N3O3. The van der Waals surface area contributed by atoms with E-state index in [4.69, 9.17) is 9.47 Å². The highest BCUT2D eigenvalue weighted by Crippen LogP contribution is 2.20. The van der Waals surface area contributed by atoms with Gasteiger partial charge in [0, 0.05) is 32.9 Å². The van der Waals surface area contributed by atoms with Crippen LogP contribution < -0.4 is 0 Å². The maximum Gasteiger partial charge on any atom is 0.254 e. The third-order valence-corrected chi connectivity index (χ3v) is 3.78. The van der Waals surface area contributed by atoms with Gasteiger partial charge in [-0.25, -0.2) is 4.98 Å². The Kier molecular flexibility index (Phi) is 3.42. The van der Waals surface area contributed by atoms with Crippen molar-refractivity contribution in [2.24, 2.45) is 0 Å². The van der Waals surface area contributed by atoms with E-state index >= 15 is 0 Å². The Labute approximate surface area is 116 Å². The highest BCUT2D eigenvalue weighted by atomic mass is 16.5. The second-order valence-corrected chi connectivity index (χ2v) is 4.89. The van der Waals surface area contributed by atoms with Gasteiger partial charge in [-0.05, 0) is 18.2 Å². The van der Waals surface area contributed by atoms with Crippen molar-refractivity contribution in [1.82, 2.24) is 14.9 Å². The van der Waals surface area contributed by atoms with Crippen LogP contribution >= 0.6 is 0 Å². The molecular weight excluding hydrogens is 258 g/mol. The normalized spacial score (nSPS) is 22.6. The van der Waals surface area contributed by atoms with Crippen LogP contribution in [0.3, 0.4) is 0 Å². The molecule has 0 aliphatic carbocycles. The zero-order chi connectivity index (χ0) is 14.1. The molecule has 1 aromatic carbocycles. The molecule has 1 aromatic heterocycles. The predicted molar refractivity (Wildman–Crippen MR) is 73.6 cm³/mol. The molecule has 3 rings (SSSR count). The maximum absolute atomic E-state index is 12.5. The molecule has 1 fully saturated rings. The van der Waals surface area contributed by atoms with Crippen molar-refractivity contribution in [3.05, 3.63) is 30.1 Å². The number of imidazole rings is 1. The fraction of sp³-hybridized carbons (Fsp3) is 0.429. The molecule has 2 heterocycles. The van der Waals surface area contributed by atoms with E-state index in [9.17, 15) is 4.79 Å². The summed E-state index contributed by atoms with van der Waals surface area (Å²) in [4.78, 5) is 21.4. The van der Waals surface area contributed by atoms with Gasteiger partial charge in [0.1, 0.15) is 12.2 Å². The van der Waals surface area contributed by atoms with E-state index < -0.39 is 0 Å². The summed E-state index contributed by atoms with van der Waals surface area (Å²) >= 11 is 0. The fourth-order valence-corrected chi connectivity index (χ4v) is 2.61. The number of fused-ring (bicyclic) bond motifs is 1. The predicted octanol–water partition coefficient (Wildman–Crippen LogP) is 1.05. The number of carbonyl (C=O) groups is 1. The molecule has 0 radical (unpaired) electrons. The van der Waals surface area contributed by atoms with Crippen molar-refractivity contribution in [3.8, 4) is 0 Å². The second kappa shape index (κ2) is 5.22. The lowest BCUT2D eigenvalue weighted by Gasteiger charge is -2.15. The minimum atomic E-state index is -0.0696. The number of carbonyl (C=O) groups excluding carboxylic acids is 1. The number of hydrogen-bond acceptors (Lipinski definition) is 4. The van der Waals surface area contributed by atoms with Gasteiger partial charge in [-0.3, -0.25) is 4.79 Å². The van der Waals surface area contributed by atoms with Crippen molar-refractivity contribution in [1.29, 1.82) is 0 Å². The van der Waals surface area contributed by atoms with Crippen LogP contribution in [-0.2, 0) is 9.47 Å². The van der Waals surface area contributed by atoms with E-state index in [2.05, 4.69) is 9.97 Å². The van der Waals surface area contributed by atoms with Crippen molar-refractivity contribution in [2.45, 2.75) is 12.2 Å². The van der Waals surface area contributed by atoms with Crippen LogP contribution in [0, 0.1) is 0 Å². The summed E-state index contributed by atoms with van der Waals surface area (Å²) in [5.41, 5.74) is 2.36. The van der Waals surface area contributed by atoms with Crippen LogP contribution in [-0.4, -0.2) is 60.3 Å². The van der Waals surface area contributed by atoms with Gasteiger partial charge in [-0.2, -0.15) is 0 Å². The van der Waals surface area contributed by atoms with Crippen LogP contribution in [0.25, 0.3) is 11.0 Å². The van der Waals surface area contributed by atoms with Crippen LogP contribution in [0.15, 0.2) is 24.5 Å². The van der Waals surface area contributed by atoms with Crippen molar-refractivity contribution in [3.63, 3.8) is 0 Å². The number of aromatic amines is 1. The lowest BCUT2D eigenvalue weighted by atomic mass is 10.2. The fourth-order valence-electron chi connectivity index (χ4n) is 2.61. The Morgan fingerprint density at radius 3 is 2.65 bits per heavy atom. The van der Waals surface area contributed by atoms with Crippen LogP contribution in [0.5, 0.6) is 0 Å². The molecule has 1 N–H and O–H groups in total. The first-order valence-electron chi connectivity index (χ1n) is 6.51. The molecule has 1 amide bonds. The van der Waals surface area contributed by atoms with E-state index in [1.54, 1.807) is 31.5 Å². The van der Waals surface area contributed by atoms with Gasteiger partial charge in [0.05, 0.1) is 17.4 Å². The Morgan fingerprint density at radius 1 is 1.30 bits per heavy atom. The van der Waals surface area contributed by atoms with Gasteiger partial charge in [0.2, 0.25) is 0 Å². The lowest BCUT2D eigenvalue weighted by Crippen LogP contribution is -2.30. The quantitative estimate of drug-likeness (QED) is 0.909. The number of aromatic nitrogens is 2. The number of methoxy groups -OCH3 is 2. The summed E-state index contributed by atoms with van der Waals surface area (Å²) in [5, 5.41) is 0. The van der Waals surface area contributed by atoms with Gasteiger partial charge in [-0.15, -0.1) is 0 Å². The Morgan fingerprint density at radius 2 is 2.00 bits per heavy atom. The first-order chi connectivity index (χ1) is 9.72. The molecule has 6 nitrogen and oxygen atoms in total. The molecule has 2 aromatic rings. The summed E-state index contributed by atoms with van der Waals surface area (Å²) in [6.07, 6.45) is 1.48. The summed E-state index contributed by atoms with van der Waals surface area (Å²) in [6.45, 7) is 1.10. The third-order valence-electron chi connectivity index (χ3n) is 3.78. The average Bonchev–Trinajstić information content (AvgIpc) is 3.11. The number of likely N-dealkylation sites (tertiary alicyclic amines) is 1. The molecule has 2 atom stereocenters. The third kappa shape index (κ3) is 2.17. The van der Waals surface area contributed by atoms with E-state index in [-0.39, 0.29) is 18.1 Å². The number of nitrogens with one attached hydrogen (secondary N) is 1. The molecule has 0 bridgehead atoms. The number of benzene rings is 1. The largest absolute Gasteiger partial charge is 0.377 e. The maximum atomic E-state index is 12.5. The minimum Gasteiger partial charge on any atom is -0.377 e. The summed E-state index contributed by atoms with van der Waals surface area (Å²) in [6, 6.07) is 5.47. The molecule has 6 heteroatoms. The number of H-pyrrole nitrogens is 1. The second-order valence-electron chi connectivity index (χ2n) is 4.89. The smallest absolute Gasteiger partial charge is 0.254 e. The first-order valence-corrected chi connectivity index (χ1v) is 6.51. The molecule has 0 spiro atoms. The average molecular weight is 275 g/mol. The minimum absolute atomic E-state index is 0.0110. The summed E-state index contributed by atoms with van der Waals surface area (Å²) in [5.74, 6) is -0.0110. The van der Waals surface area contributed by atoms with Gasteiger partial charge < -0.3 is 19.4 Å². The topological polar surface area (TPSA) is 67.5 Å². The summed E-state index contributed by atoms with van der Waals surface area (Å²) < 4.78 is 10.7. The Balaban J connectivity index is 1.82. The van der Waals surface area contributed by atoms with E-state index in [1.807, 2.05) is 12.1 Å². The molecule has 0 saturated carbocycles. The van der Waals surface area contributed by atoms with E-state index in [0.717, 1.165) is 11.0 Å². The molecule has 20 heavy (non-hydrogen) atoms. The number of rotatable bonds is 3. The number of nitrogens with zero attached hydrogens (tertiary/aromatic N) is 2. The first kappa shape index (κ1) is 13.1. The highest BCUT2D eigenvalue weighted by Gasteiger charge is 2.35. The lowest BCUT2D eigenvalue weighted by molar-refractivity contribution is -0.00461. The highest BCUT2D eigenvalue weighted by molar-refractivity contribution is 5.97. The monoisotopic (exact) mass is 275 g/mol. The molecule has 1 aliphatic heterocycles. The zero-order valence-electron chi connectivity index (χ0n) is 11.5. The van der Waals surface area contributed by atoms with Crippen molar-refractivity contribution < 1.29 is 14.3 Å². The molecule has 1 saturated heterocycles. The van der Waals surface area contributed by atoms with Crippen molar-refractivity contribution in [2.75, 3.05) is 27.3 Å². The van der Waals surface area contributed by atoms with Gasteiger partial charge >= 0.3 is 0 Å². The van der Waals surface area contributed by atoms with E-state index in [0.29, 0.717) is 18.7 Å². The molecule has 106 valence electrons. The van der Waals surface area contributed by atoms with Crippen LogP contribution in [0.1, 0.15) is 10.4 Å². The van der Waals surface area contributed by atoms with Crippen LogP contribution in [0.2, 0.25) is 0 Å². The van der Waals surface area contributed by atoms with Gasteiger partial charge in [0.25, 0.3) is 5.91 Å². The number of hydrogen-bond donors (Lipinski definition) is 1. The van der Waals surface area contributed by atoms with Crippen LogP contribution in [0.4, 0.5) is 0 Å².